The van der Waals surface area contributed by atoms with Crippen molar-refractivity contribution in [2.75, 3.05) is 19.4 Å². The van der Waals surface area contributed by atoms with Crippen LogP contribution in [0.1, 0.15) is 29.6 Å². The Morgan fingerprint density at radius 1 is 1.29 bits per heavy atom. The smallest absolute Gasteiger partial charge is 0.253 e. The van der Waals surface area contributed by atoms with Gasteiger partial charge in [0.25, 0.3) is 5.91 Å². The predicted molar refractivity (Wildman–Crippen MR) is 84.6 cm³/mol. The summed E-state index contributed by atoms with van der Waals surface area (Å²) >= 11 is 6.11. The van der Waals surface area contributed by atoms with Crippen LogP contribution in [0.15, 0.2) is 30.4 Å². The number of carbonyl (C=O) groups excluding carboxylic acids is 2. The molecule has 4 nitrogen and oxygen atoms in total. The zero-order chi connectivity index (χ0) is 15.4. The molecule has 0 fully saturated rings. The number of nitrogens with one attached hydrogen (secondary N) is 1. The summed E-state index contributed by atoms with van der Waals surface area (Å²) in [5.41, 5.74) is 0.993. The molecule has 1 aliphatic carbocycles. The summed E-state index contributed by atoms with van der Waals surface area (Å²) in [6.45, 7) is 0. The van der Waals surface area contributed by atoms with E-state index in [-0.39, 0.29) is 17.7 Å². The number of anilines is 1. The van der Waals surface area contributed by atoms with Crippen molar-refractivity contribution in [2.45, 2.75) is 19.3 Å². The Bertz CT molecular complexity index is 582. The summed E-state index contributed by atoms with van der Waals surface area (Å²) in [5, 5.41) is 3.27. The van der Waals surface area contributed by atoms with Crippen LogP contribution < -0.4 is 5.32 Å². The number of hydrogen-bond acceptors (Lipinski definition) is 2. The molecule has 5 heteroatoms. The van der Waals surface area contributed by atoms with Crippen LogP contribution >= 0.6 is 11.6 Å². The lowest BCUT2D eigenvalue weighted by Gasteiger charge is -2.18. The van der Waals surface area contributed by atoms with Gasteiger partial charge in [0, 0.05) is 25.6 Å². The molecular formula is C16H19ClN2O2. The quantitative estimate of drug-likeness (QED) is 0.871. The van der Waals surface area contributed by atoms with Gasteiger partial charge < -0.3 is 10.2 Å². The van der Waals surface area contributed by atoms with Crippen molar-refractivity contribution in [2.24, 2.45) is 5.92 Å². The van der Waals surface area contributed by atoms with Gasteiger partial charge in [0.2, 0.25) is 5.91 Å². The number of benzene rings is 1. The van der Waals surface area contributed by atoms with E-state index in [4.69, 9.17) is 11.6 Å². The summed E-state index contributed by atoms with van der Waals surface area (Å²) < 4.78 is 0. The van der Waals surface area contributed by atoms with Crippen molar-refractivity contribution in [3.05, 3.63) is 40.9 Å². The second-order valence-electron chi connectivity index (χ2n) is 5.36. The first-order chi connectivity index (χ1) is 9.99. The van der Waals surface area contributed by atoms with E-state index in [0.717, 1.165) is 19.3 Å². The van der Waals surface area contributed by atoms with Crippen LogP contribution in [0.3, 0.4) is 0 Å². The third-order valence-corrected chi connectivity index (χ3v) is 3.85. The molecule has 0 spiro atoms. The van der Waals surface area contributed by atoms with E-state index in [0.29, 0.717) is 16.3 Å². The van der Waals surface area contributed by atoms with Crippen LogP contribution in [0.2, 0.25) is 5.02 Å². The third-order valence-electron chi connectivity index (χ3n) is 3.52. The molecule has 1 aromatic carbocycles. The molecule has 0 heterocycles. The summed E-state index contributed by atoms with van der Waals surface area (Å²) in [6, 6.07) is 4.92. The van der Waals surface area contributed by atoms with Gasteiger partial charge in [-0.3, -0.25) is 9.59 Å². The van der Waals surface area contributed by atoms with E-state index in [9.17, 15) is 9.59 Å². The Morgan fingerprint density at radius 2 is 2.05 bits per heavy atom. The number of allylic oxidation sites excluding steroid dienone is 2. The SMILES string of the molecule is CN(C)C(=O)c1ccc(Cl)c(NC(=O)C2CC=CCC2)c1. The number of carbonyl (C=O) groups is 2. The van der Waals surface area contributed by atoms with Crippen LogP contribution in [-0.2, 0) is 4.79 Å². The van der Waals surface area contributed by atoms with Crippen molar-refractivity contribution >= 4 is 29.1 Å². The van der Waals surface area contributed by atoms with E-state index >= 15 is 0 Å². The lowest BCUT2D eigenvalue weighted by molar-refractivity contribution is -0.120. The number of nitrogens with zero attached hydrogens (tertiary/aromatic N) is 1. The van der Waals surface area contributed by atoms with Gasteiger partial charge in [0.05, 0.1) is 10.7 Å². The van der Waals surface area contributed by atoms with Gasteiger partial charge in [-0.05, 0) is 37.5 Å². The minimum Gasteiger partial charge on any atom is -0.345 e. The first-order valence-electron chi connectivity index (χ1n) is 6.96. The van der Waals surface area contributed by atoms with Gasteiger partial charge in [-0.1, -0.05) is 23.8 Å². The van der Waals surface area contributed by atoms with Gasteiger partial charge in [-0.2, -0.15) is 0 Å². The molecule has 0 aromatic heterocycles. The molecule has 112 valence electrons. The molecule has 0 aliphatic heterocycles. The van der Waals surface area contributed by atoms with Crippen molar-refractivity contribution < 1.29 is 9.59 Å². The van der Waals surface area contributed by atoms with Gasteiger partial charge in [0.15, 0.2) is 0 Å². The Morgan fingerprint density at radius 3 is 2.67 bits per heavy atom. The van der Waals surface area contributed by atoms with E-state index in [2.05, 4.69) is 11.4 Å². The maximum absolute atomic E-state index is 12.2. The van der Waals surface area contributed by atoms with Crippen molar-refractivity contribution in [3.63, 3.8) is 0 Å². The maximum atomic E-state index is 12.2. The zero-order valence-electron chi connectivity index (χ0n) is 12.2. The fraction of sp³-hybridized carbons (Fsp3) is 0.375. The summed E-state index contributed by atoms with van der Waals surface area (Å²) in [4.78, 5) is 25.7. The lowest BCUT2D eigenvalue weighted by Crippen LogP contribution is -2.24. The topological polar surface area (TPSA) is 49.4 Å². The highest BCUT2D eigenvalue weighted by Crippen LogP contribution is 2.26. The van der Waals surface area contributed by atoms with Gasteiger partial charge in [0.1, 0.15) is 0 Å². The molecular weight excluding hydrogens is 288 g/mol. The number of rotatable bonds is 3. The minimum absolute atomic E-state index is 0.0285. The normalized spacial score (nSPS) is 17.4. The third kappa shape index (κ3) is 3.85. The van der Waals surface area contributed by atoms with Crippen LogP contribution in [0.4, 0.5) is 5.69 Å². The molecule has 0 radical (unpaired) electrons. The molecule has 1 aliphatic rings. The molecule has 21 heavy (non-hydrogen) atoms. The number of amides is 2. The van der Waals surface area contributed by atoms with Crippen LogP contribution in [0.25, 0.3) is 0 Å². The minimum atomic E-state index is -0.122. The monoisotopic (exact) mass is 306 g/mol. The second kappa shape index (κ2) is 6.76. The van der Waals surface area contributed by atoms with E-state index in [1.165, 1.54) is 4.90 Å². The number of hydrogen-bond donors (Lipinski definition) is 1. The molecule has 2 amide bonds. The summed E-state index contributed by atoms with van der Waals surface area (Å²) in [5.74, 6) is -0.197. The van der Waals surface area contributed by atoms with Crippen molar-refractivity contribution in [1.82, 2.24) is 4.90 Å². The molecule has 2 rings (SSSR count). The van der Waals surface area contributed by atoms with Gasteiger partial charge in [-0.25, -0.2) is 0 Å². The Balaban J connectivity index is 2.15. The Kier molecular flexibility index (Phi) is 5.02. The predicted octanol–water partition coefficient (Wildman–Crippen LogP) is 3.34. The molecule has 1 aromatic rings. The first-order valence-corrected chi connectivity index (χ1v) is 7.34. The van der Waals surface area contributed by atoms with Gasteiger partial charge >= 0.3 is 0 Å². The highest BCUT2D eigenvalue weighted by Gasteiger charge is 2.20. The van der Waals surface area contributed by atoms with Crippen LogP contribution in [0.5, 0.6) is 0 Å². The highest BCUT2D eigenvalue weighted by atomic mass is 35.5. The van der Waals surface area contributed by atoms with E-state index in [1.807, 2.05) is 6.08 Å². The zero-order valence-corrected chi connectivity index (χ0v) is 13.0. The molecule has 1 unspecified atom stereocenters. The maximum Gasteiger partial charge on any atom is 0.253 e. The molecule has 1 N–H and O–H groups in total. The van der Waals surface area contributed by atoms with Gasteiger partial charge in [-0.15, -0.1) is 0 Å². The Labute approximate surface area is 129 Å². The first kappa shape index (κ1) is 15.6. The summed E-state index contributed by atoms with van der Waals surface area (Å²) in [6.07, 6.45) is 6.63. The largest absolute Gasteiger partial charge is 0.345 e. The van der Waals surface area contributed by atoms with Crippen LogP contribution in [0, 0.1) is 5.92 Å². The molecule has 0 saturated carbocycles. The molecule has 1 atom stereocenters. The van der Waals surface area contributed by atoms with E-state index in [1.54, 1.807) is 32.3 Å². The molecule has 0 bridgehead atoms. The van der Waals surface area contributed by atoms with Crippen molar-refractivity contribution in [3.8, 4) is 0 Å². The summed E-state index contributed by atoms with van der Waals surface area (Å²) in [7, 11) is 3.37. The fourth-order valence-corrected chi connectivity index (χ4v) is 2.44. The van der Waals surface area contributed by atoms with Crippen molar-refractivity contribution in [1.29, 1.82) is 0 Å². The molecule has 0 saturated heterocycles. The highest BCUT2D eigenvalue weighted by molar-refractivity contribution is 6.33. The average molecular weight is 307 g/mol. The van der Waals surface area contributed by atoms with Crippen LogP contribution in [-0.4, -0.2) is 30.8 Å². The standard InChI is InChI=1S/C16H19ClN2O2/c1-19(2)16(21)12-8-9-13(17)14(10-12)18-15(20)11-6-4-3-5-7-11/h3-4,8-11H,5-7H2,1-2H3,(H,18,20). The van der Waals surface area contributed by atoms with E-state index < -0.39 is 0 Å². The Hall–Kier alpha value is -1.81. The fourth-order valence-electron chi connectivity index (χ4n) is 2.28. The average Bonchev–Trinajstić information content (AvgIpc) is 2.49. The number of halogens is 1. The lowest BCUT2D eigenvalue weighted by atomic mass is 9.93. The second-order valence-corrected chi connectivity index (χ2v) is 5.77.